The fourth-order valence-corrected chi connectivity index (χ4v) is 3.23. The van der Waals surface area contributed by atoms with Crippen LogP contribution in [-0.4, -0.2) is 35.8 Å². The summed E-state index contributed by atoms with van der Waals surface area (Å²) in [7, 11) is 1.58. The van der Waals surface area contributed by atoms with Crippen LogP contribution in [0.5, 0.6) is 11.5 Å². The first-order valence-corrected chi connectivity index (χ1v) is 9.21. The zero-order valence-corrected chi connectivity index (χ0v) is 16.5. The van der Waals surface area contributed by atoms with Gasteiger partial charge in [-0.1, -0.05) is 24.3 Å². The van der Waals surface area contributed by atoms with E-state index in [-0.39, 0.29) is 18.2 Å². The van der Waals surface area contributed by atoms with Gasteiger partial charge in [-0.25, -0.2) is 4.79 Å². The van der Waals surface area contributed by atoms with E-state index in [1.54, 1.807) is 14.0 Å². The highest BCUT2D eigenvalue weighted by Gasteiger charge is 2.47. The largest absolute Gasteiger partial charge is 0.573 e. The topological polar surface area (TPSA) is 67.9 Å². The Kier molecular flexibility index (Phi) is 5.91. The number of carbonyl (C=O) groups excluding carboxylic acids is 2. The van der Waals surface area contributed by atoms with E-state index in [4.69, 9.17) is 4.74 Å². The minimum absolute atomic E-state index is 0.0465. The molecule has 9 heteroatoms. The second-order valence-corrected chi connectivity index (χ2v) is 7.19. The maximum atomic E-state index is 12.9. The molecule has 30 heavy (non-hydrogen) atoms. The first-order valence-electron chi connectivity index (χ1n) is 9.21. The van der Waals surface area contributed by atoms with Gasteiger partial charge in [-0.3, -0.25) is 9.69 Å². The molecule has 2 aromatic rings. The molecule has 160 valence electrons. The van der Waals surface area contributed by atoms with E-state index >= 15 is 0 Å². The fraction of sp³-hybridized carbons (Fsp3) is 0.333. The summed E-state index contributed by atoms with van der Waals surface area (Å²) < 4.78 is 45.7. The van der Waals surface area contributed by atoms with Gasteiger partial charge in [-0.2, -0.15) is 0 Å². The number of methoxy groups -OCH3 is 1. The van der Waals surface area contributed by atoms with Gasteiger partial charge in [0.15, 0.2) is 0 Å². The molecule has 1 heterocycles. The number of alkyl halides is 3. The number of hydrogen-bond acceptors (Lipinski definition) is 4. The summed E-state index contributed by atoms with van der Waals surface area (Å²) >= 11 is 0. The maximum absolute atomic E-state index is 12.9. The van der Waals surface area contributed by atoms with Crippen molar-refractivity contribution in [2.45, 2.75) is 38.2 Å². The van der Waals surface area contributed by atoms with Gasteiger partial charge in [0.25, 0.3) is 5.91 Å². The second kappa shape index (κ2) is 8.25. The van der Waals surface area contributed by atoms with Crippen LogP contribution in [0.15, 0.2) is 48.5 Å². The molecule has 0 spiro atoms. The Labute approximate surface area is 171 Å². The number of imide groups is 1. The normalized spacial score (nSPS) is 19.0. The van der Waals surface area contributed by atoms with Gasteiger partial charge < -0.3 is 14.8 Å². The van der Waals surface area contributed by atoms with E-state index in [0.29, 0.717) is 18.4 Å². The molecule has 0 aliphatic carbocycles. The van der Waals surface area contributed by atoms with Gasteiger partial charge in [-0.05, 0) is 55.2 Å². The highest BCUT2D eigenvalue weighted by Crippen LogP contribution is 2.27. The standard InChI is InChI=1S/C21H21F3N2O4/c1-20(12-11-14-3-7-16(29-2)8-4-14)18(27)26(19(28)25-20)13-15-5-9-17(10-6-15)30-21(22,23)24/h3-10H,11-13H2,1-2H3,(H,25,28)/t20-/m1/s1. The third kappa shape index (κ3) is 5.03. The van der Waals surface area contributed by atoms with Crippen molar-refractivity contribution in [1.82, 2.24) is 10.2 Å². The smallest absolute Gasteiger partial charge is 0.497 e. The van der Waals surface area contributed by atoms with E-state index in [0.717, 1.165) is 28.3 Å². The van der Waals surface area contributed by atoms with Crippen molar-refractivity contribution in [1.29, 1.82) is 0 Å². The third-order valence-corrected chi connectivity index (χ3v) is 4.92. The monoisotopic (exact) mass is 422 g/mol. The summed E-state index contributed by atoms with van der Waals surface area (Å²) in [5.41, 5.74) is 0.446. The third-order valence-electron chi connectivity index (χ3n) is 4.92. The fourth-order valence-electron chi connectivity index (χ4n) is 3.23. The average molecular weight is 422 g/mol. The minimum atomic E-state index is -4.78. The Morgan fingerprint density at radius 2 is 1.53 bits per heavy atom. The van der Waals surface area contributed by atoms with E-state index in [1.165, 1.54) is 12.1 Å². The number of amides is 3. The zero-order valence-electron chi connectivity index (χ0n) is 16.5. The molecule has 2 aromatic carbocycles. The molecular formula is C21H21F3N2O4. The first-order chi connectivity index (χ1) is 14.1. The molecule has 1 fully saturated rings. The van der Waals surface area contributed by atoms with Crippen LogP contribution >= 0.6 is 0 Å². The van der Waals surface area contributed by atoms with E-state index in [1.807, 2.05) is 24.3 Å². The number of aryl methyl sites for hydroxylation is 1. The van der Waals surface area contributed by atoms with Gasteiger partial charge in [0.05, 0.1) is 13.7 Å². The van der Waals surface area contributed by atoms with E-state index in [2.05, 4.69) is 10.1 Å². The van der Waals surface area contributed by atoms with Gasteiger partial charge in [0.2, 0.25) is 0 Å². The van der Waals surface area contributed by atoms with Crippen LogP contribution in [0.1, 0.15) is 24.5 Å². The number of ether oxygens (including phenoxy) is 2. The number of halogens is 3. The molecule has 1 saturated heterocycles. The van der Waals surface area contributed by atoms with Gasteiger partial charge in [0.1, 0.15) is 17.0 Å². The lowest BCUT2D eigenvalue weighted by Crippen LogP contribution is -2.44. The number of hydrogen-bond donors (Lipinski definition) is 1. The number of nitrogens with zero attached hydrogens (tertiary/aromatic N) is 1. The Morgan fingerprint density at radius 3 is 2.10 bits per heavy atom. The highest BCUT2D eigenvalue weighted by atomic mass is 19.4. The molecular weight excluding hydrogens is 401 g/mol. The lowest BCUT2D eigenvalue weighted by Gasteiger charge is -2.22. The highest BCUT2D eigenvalue weighted by molar-refractivity contribution is 6.06. The van der Waals surface area contributed by atoms with Crippen molar-refractivity contribution in [3.8, 4) is 11.5 Å². The van der Waals surface area contributed by atoms with Crippen LogP contribution in [0.3, 0.4) is 0 Å². The summed E-state index contributed by atoms with van der Waals surface area (Å²) in [5.74, 6) is -0.0163. The molecule has 0 bridgehead atoms. The predicted octanol–water partition coefficient (Wildman–Crippen LogP) is 4.04. The first kappa shape index (κ1) is 21.5. The molecule has 3 amide bonds. The summed E-state index contributed by atoms with van der Waals surface area (Å²) in [6, 6.07) is 12.0. The number of rotatable bonds is 7. The molecule has 0 aromatic heterocycles. The number of benzene rings is 2. The Bertz CT molecular complexity index is 913. The van der Waals surface area contributed by atoms with Crippen molar-refractivity contribution >= 4 is 11.9 Å². The number of carbonyl (C=O) groups is 2. The summed E-state index contributed by atoms with van der Waals surface area (Å²) in [4.78, 5) is 26.3. The molecule has 6 nitrogen and oxygen atoms in total. The van der Waals surface area contributed by atoms with Gasteiger partial charge >= 0.3 is 12.4 Å². The van der Waals surface area contributed by atoms with E-state index in [9.17, 15) is 22.8 Å². The van der Waals surface area contributed by atoms with Crippen molar-refractivity contribution in [3.05, 3.63) is 59.7 Å². The molecule has 0 unspecified atom stereocenters. The molecule has 0 saturated carbocycles. The maximum Gasteiger partial charge on any atom is 0.573 e. The number of nitrogens with one attached hydrogen (secondary N) is 1. The number of urea groups is 1. The van der Waals surface area contributed by atoms with Crippen molar-refractivity contribution < 1.29 is 32.2 Å². The second-order valence-electron chi connectivity index (χ2n) is 7.19. The summed E-state index contributed by atoms with van der Waals surface area (Å²) in [5, 5.41) is 2.72. The van der Waals surface area contributed by atoms with Gasteiger partial charge in [0, 0.05) is 0 Å². The Balaban J connectivity index is 1.63. The van der Waals surface area contributed by atoms with Crippen LogP contribution in [0, 0.1) is 0 Å². The summed E-state index contributed by atoms with van der Waals surface area (Å²) in [6.45, 7) is 1.62. The molecule has 3 rings (SSSR count). The molecule has 1 aliphatic rings. The van der Waals surface area contributed by atoms with Crippen LogP contribution < -0.4 is 14.8 Å². The molecule has 1 aliphatic heterocycles. The predicted molar refractivity (Wildman–Crippen MR) is 102 cm³/mol. The van der Waals surface area contributed by atoms with Gasteiger partial charge in [-0.15, -0.1) is 13.2 Å². The Morgan fingerprint density at radius 1 is 0.967 bits per heavy atom. The molecule has 1 atom stereocenters. The van der Waals surface area contributed by atoms with Crippen LogP contribution in [0.25, 0.3) is 0 Å². The van der Waals surface area contributed by atoms with Crippen molar-refractivity contribution in [2.75, 3.05) is 7.11 Å². The minimum Gasteiger partial charge on any atom is -0.497 e. The summed E-state index contributed by atoms with van der Waals surface area (Å²) in [6.07, 6.45) is -3.80. The molecule has 1 N–H and O–H groups in total. The van der Waals surface area contributed by atoms with Crippen molar-refractivity contribution in [2.24, 2.45) is 0 Å². The Hall–Kier alpha value is -3.23. The SMILES string of the molecule is COc1ccc(CC[C@@]2(C)NC(=O)N(Cc3ccc(OC(F)(F)F)cc3)C2=O)cc1. The average Bonchev–Trinajstić information content (AvgIpc) is 2.90. The zero-order chi connectivity index (χ0) is 21.9. The van der Waals surface area contributed by atoms with Crippen LogP contribution in [0.4, 0.5) is 18.0 Å². The van der Waals surface area contributed by atoms with E-state index < -0.39 is 17.9 Å². The quantitative estimate of drug-likeness (QED) is 0.684. The lowest BCUT2D eigenvalue weighted by atomic mass is 9.93. The lowest BCUT2D eigenvalue weighted by molar-refractivity contribution is -0.274. The molecule has 0 radical (unpaired) electrons. The van der Waals surface area contributed by atoms with Crippen LogP contribution in [-0.2, 0) is 17.8 Å². The van der Waals surface area contributed by atoms with Crippen molar-refractivity contribution in [3.63, 3.8) is 0 Å². The van der Waals surface area contributed by atoms with Crippen LogP contribution in [0.2, 0.25) is 0 Å².